The van der Waals surface area contributed by atoms with E-state index < -0.39 is 11.8 Å². The summed E-state index contributed by atoms with van der Waals surface area (Å²) in [6, 6.07) is 3.05. The van der Waals surface area contributed by atoms with Crippen LogP contribution in [-0.4, -0.2) is 28.6 Å². The second-order valence-electron chi connectivity index (χ2n) is 3.59. The Morgan fingerprint density at radius 1 is 1.60 bits per heavy atom. The molecule has 80 valence electrons. The first-order valence-corrected chi connectivity index (χ1v) is 4.77. The van der Waals surface area contributed by atoms with E-state index in [0.717, 1.165) is 19.0 Å². The molecule has 0 saturated heterocycles. The van der Waals surface area contributed by atoms with Gasteiger partial charge in [-0.1, -0.05) is 0 Å². The van der Waals surface area contributed by atoms with Gasteiger partial charge in [-0.05, 0) is 25.0 Å². The van der Waals surface area contributed by atoms with Crippen LogP contribution in [0.4, 0.5) is 10.2 Å². The lowest BCUT2D eigenvalue weighted by Gasteiger charge is -2.20. The van der Waals surface area contributed by atoms with E-state index in [-0.39, 0.29) is 12.6 Å². The smallest absolute Gasteiger partial charge is 0.323 e. The molecule has 1 aliphatic rings. The summed E-state index contributed by atoms with van der Waals surface area (Å²) in [6.45, 7) is -0.0801. The molecule has 4 nitrogen and oxygen atoms in total. The van der Waals surface area contributed by atoms with Crippen molar-refractivity contribution in [3.63, 3.8) is 0 Å². The van der Waals surface area contributed by atoms with Gasteiger partial charge in [0.1, 0.15) is 18.2 Å². The van der Waals surface area contributed by atoms with Crippen LogP contribution in [0.15, 0.2) is 18.3 Å². The van der Waals surface area contributed by atoms with Crippen LogP contribution in [0.3, 0.4) is 0 Å². The summed E-state index contributed by atoms with van der Waals surface area (Å²) in [4.78, 5) is 16.2. The maximum Gasteiger partial charge on any atom is 0.323 e. The van der Waals surface area contributed by atoms with E-state index in [1.165, 1.54) is 12.1 Å². The molecule has 0 spiro atoms. The lowest BCUT2D eigenvalue weighted by molar-refractivity contribution is -0.135. The minimum atomic E-state index is -0.895. The Hall–Kier alpha value is -1.65. The summed E-state index contributed by atoms with van der Waals surface area (Å²) in [5.74, 6) is -0.779. The monoisotopic (exact) mass is 210 g/mol. The Balaban J connectivity index is 2.16. The Labute approximate surface area is 86.4 Å². The van der Waals surface area contributed by atoms with Crippen LogP contribution in [0, 0.1) is 5.82 Å². The van der Waals surface area contributed by atoms with Crippen molar-refractivity contribution >= 4 is 11.8 Å². The fraction of sp³-hybridized carbons (Fsp3) is 0.400. The highest BCUT2D eigenvalue weighted by atomic mass is 19.1. The normalized spacial score (nSPS) is 15.0. The third-order valence-electron chi connectivity index (χ3n) is 2.30. The van der Waals surface area contributed by atoms with Crippen molar-refractivity contribution in [1.82, 2.24) is 4.98 Å². The number of aliphatic carboxylic acids is 1. The highest BCUT2D eigenvalue weighted by Crippen LogP contribution is 2.30. The number of carbonyl (C=O) groups is 1. The van der Waals surface area contributed by atoms with Gasteiger partial charge in [0.05, 0.1) is 6.20 Å². The molecule has 1 heterocycles. The predicted octanol–water partition coefficient (Wildman–Crippen LogP) is 1.27. The topological polar surface area (TPSA) is 53.4 Å². The molecule has 0 unspecified atom stereocenters. The van der Waals surface area contributed by atoms with E-state index in [1.54, 1.807) is 4.90 Å². The van der Waals surface area contributed by atoms with Crippen molar-refractivity contribution in [2.45, 2.75) is 18.9 Å². The van der Waals surface area contributed by atoms with Gasteiger partial charge in [-0.25, -0.2) is 9.37 Å². The van der Waals surface area contributed by atoms with Gasteiger partial charge in [0, 0.05) is 6.04 Å². The first kappa shape index (κ1) is 9.89. The van der Waals surface area contributed by atoms with Gasteiger partial charge < -0.3 is 10.0 Å². The Morgan fingerprint density at radius 3 is 2.80 bits per heavy atom. The van der Waals surface area contributed by atoms with Gasteiger partial charge in [0.15, 0.2) is 0 Å². The van der Waals surface area contributed by atoms with E-state index in [4.69, 9.17) is 5.11 Å². The summed E-state index contributed by atoms with van der Waals surface area (Å²) in [5.41, 5.74) is 0. The van der Waals surface area contributed by atoms with E-state index >= 15 is 0 Å². The van der Waals surface area contributed by atoms with Crippen LogP contribution in [0.2, 0.25) is 0 Å². The standard InChI is InChI=1S/C10H11FN2O2/c11-7-1-4-9(12-5-7)13(6-10(14)15)8-2-3-8/h1,4-5,8H,2-3,6H2,(H,14,15). The average molecular weight is 210 g/mol. The molecular weight excluding hydrogens is 199 g/mol. The maximum absolute atomic E-state index is 12.6. The quantitative estimate of drug-likeness (QED) is 0.813. The SMILES string of the molecule is O=C(O)CN(c1ccc(F)cn1)C1CC1. The summed E-state index contributed by atoms with van der Waals surface area (Å²) in [7, 11) is 0. The molecule has 1 aliphatic carbocycles. The highest BCUT2D eigenvalue weighted by Gasteiger charge is 2.31. The second kappa shape index (κ2) is 3.84. The average Bonchev–Trinajstić information content (AvgIpc) is 2.99. The lowest BCUT2D eigenvalue weighted by atomic mass is 10.4. The Morgan fingerprint density at radius 2 is 2.33 bits per heavy atom. The molecule has 0 radical (unpaired) electrons. The number of pyridine rings is 1. The fourth-order valence-corrected chi connectivity index (χ4v) is 1.47. The van der Waals surface area contributed by atoms with Crippen LogP contribution in [-0.2, 0) is 4.79 Å². The lowest BCUT2D eigenvalue weighted by Crippen LogP contribution is -2.32. The number of carboxylic acids is 1. The summed E-state index contributed by atoms with van der Waals surface area (Å²) in [6.07, 6.45) is 3.06. The van der Waals surface area contributed by atoms with Crippen LogP contribution < -0.4 is 4.90 Å². The van der Waals surface area contributed by atoms with Gasteiger partial charge in [-0.2, -0.15) is 0 Å². The molecule has 0 amide bonds. The van der Waals surface area contributed by atoms with Gasteiger partial charge in [0.25, 0.3) is 0 Å². The summed E-state index contributed by atoms with van der Waals surface area (Å²) in [5, 5.41) is 8.73. The van der Waals surface area contributed by atoms with E-state index in [2.05, 4.69) is 4.98 Å². The van der Waals surface area contributed by atoms with Crippen molar-refractivity contribution in [3.05, 3.63) is 24.1 Å². The van der Waals surface area contributed by atoms with Crippen LogP contribution in [0.5, 0.6) is 0 Å². The number of nitrogens with zero attached hydrogens (tertiary/aromatic N) is 2. The van der Waals surface area contributed by atoms with Crippen LogP contribution in [0.1, 0.15) is 12.8 Å². The zero-order valence-electron chi connectivity index (χ0n) is 8.06. The first-order chi connectivity index (χ1) is 7.16. The number of hydrogen-bond donors (Lipinski definition) is 1. The molecule has 0 aliphatic heterocycles. The molecule has 0 aromatic carbocycles. The largest absolute Gasteiger partial charge is 0.480 e. The molecule has 1 saturated carbocycles. The van der Waals surface area contributed by atoms with Crippen molar-refractivity contribution < 1.29 is 14.3 Å². The fourth-order valence-electron chi connectivity index (χ4n) is 1.47. The molecular formula is C10H11FN2O2. The summed E-state index contributed by atoms with van der Waals surface area (Å²) >= 11 is 0. The van der Waals surface area contributed by atoms with Crippen LogP contribution >= 0.6 is 0 Å². The minimum absolute atomic E-state index is 0.0801. The molecule has 1 aromatic rings. The molecule has 2 rings (SSSR count). The zero-order chi connectivity index (χ0) is 10.8. The molecule has 0 bridgehead atoms. The molecule has 1 fully saturated rings. The third-order valence-corrected chi connectivity index (χ3v) is 2.30. The van der Waals surface area contributed by atoms with Gasteiger partial charge in [-0.3, -0.25) is 4.79 Å². The number of rotatable bonds is 4. The molecule has 1 aromatic heterocycles. The van der Waals surface area contributed by atoms with Crippen molar-refractivity contribution in [2.75, 3.05) is 11.4 Å². The molecule has 1 N–H and O–H groups in total. The third kappa shape index (κ3) is 2.43. The molecule has 0 atom stereocenters. The summed E-state index contributed by atoms with van der Waals surface area (Å²) < 4.78 is 12.6. The second-order valence-corrected chi connectivity index (χ2v) is 3.59. The Kier molecular flexibility index (Phi) is 2.53. The van der Waals surface area contributed by atoms with Crippen molar-refractivity contribution in [3.8, 4) is 0 Å². The number of aromatic nitrogens is 1. The molecule has 5 heteroatoms. The van der Waals surface area contributed by atoms with Gasteiger partial charge in [0.2, 0.25) is 0 Å². The van der Waals surface area contributed by atoms with Crippen molar-refractivity contribution in [2.24, 2.45) is 0 Å². The first-order valence-electron chi connectivity index (χ1n) is 4.77. The van der Waals surface area contributed by atoms with E-state index in [9.17, 15) is 9.18 Å². The number of hydrogen-bond acceptors (Lipinski definition) is 3. The maximum atomic E-state index is 12.6. The zero-order valence-corrected chi connectivity index (χ0v) is 8.06. The van der Waals surface area contributed by atoms with Gasteiger partial charge in [-0.15, -0.1) is 0 Å². The Bertz CT molecular complexity index is 362. The number of carboxylic acid groups (broad SMARTS) is 1. The van der Waals surface area contributed by atoms with E-state index in [1.807, 2.05) is 0 Å². The van der Waals surface area contributed by atoms with Gasteiger partial charge >= 0.3 is 5.97 Å². The molecule has 15 heavy (non-hydrogen) atoms. The number of anilines is 1. The predicted molar refractivity (Wildman–Crippen MR) is 52.2 cm³/mol. The number of halogens is 1. The highest BCUT2D eigenvalue weighted by molar-refractivity contribution is 5.73. The minimum Gasteiger partial charge on any atom is -0.480 e. The van der Waals surface area contributed by atoms with E-state index in [0.29, 0.717) is 5.82 Å². The van der Waals surface area contributed by atoms with Crippen molar-refractivity contribution in [1.29, 1.82) is 0 Å². The van der Waals surface area contributed by atoms with Crippen LogP contribution in [0.25, 0.3) is 0 Å².